The van der Waals surface area contributed by atoms with Crippen LogP contribution in [0, 0.1) is 5.92 Å². The van der Waals surface area contributed by atoms with Gasteiger partial charge < -0.3 is 9.47 Å². The van der Waals surface area contributed by atoms with Gasteiger partial charge in [-0.15, -0.1) is 0 Å². The number of ether oxygens (including phenoxy) is 2. The molecule has 0 saturated carbocycles. The quantitative estimate of drug-likeness (QED) is 0.727. The molecule has 0 aliphatic carbocycles. The lowest BCUT2D eigenvalue weighted by atomic mass is 9.78. The maximum Gasteiger partial charge on any atom is 0.167 e. The summed E-state index contributed by atoms with van der Waals surface area (Å²) in [5.41, 5.74) is 0.559. The second-order valence-electron chi connectivity index (χ2n) is 5.82. The van der Waals surface area contributed by atoms with Crippen molar-refractivity contribution in [2.45, 2.75) is 31.3 Å². The number of carbonyl (C=O) groups excluding carboxylic acids is 1. The van der Waals surface area contributed by atoms with Crippen LogP contribution in [0.5, 0.6) is 0 Å². The highest BCUT2D eigenvalue weighted by Crippen LogP contribution is 2.39. The van der Waals surface area contributed by atoms with Gasteiger partial charge in [0, 0.05) is 40.8 Å². The molecule has 0 radical (unpaired) electrons. The Morgan fingerprint density at radius 3 is 2.76 bits per heavy atom. The molecular weight excluding hydrogens is 356 g/mol. The van der Waals surface area contributed by atoms with E-state index < -0.39 is 0 Å². The van der Waals surface area contributed by atoms with E-state index in [1.807, 2.05) is 0 Å². The number of benzene rings is 1. The maximum absolute atomic E-state index is 12.8. The molecular formula is C16H18BrClO3. The number of Topliss-reactive ketones (excluding diaryl/α,β-unsaturated/α-hetero) is 1. The molecule has 2 saturated heterocycles. The third-order valence-corrected chi connectivity index (χ3v) is 5.36. The Balaban J connectivity index is 1.77. The summed E-state index contributed by atoms with van der Waals surface area (Å²) in [6, 6.07) is 5.35. The van der Waals surface area contributed by atoms with Crippen LogP contribution in [0.3, 0.4) is 0 Å². The minimum absolute atomic E-state index is 0.0225. The summed E-state index contributed by atoms with van der Waals surface area (Å²) >= 11 is 9.39. The standard InChI is InChI=1S/C16H18BrClO3/c17-14-9-12(18)1-2-13(14)15(19)11-3-6-21-16(10-11)4-7-20-8-5-16/h1-2,9,11H,3-8,10H2. The lowest BCUT2D eigenvalue weighted by Crippen LogP contribution is -2.45. The molecule has 2 aliphatic rings. The molecule has 0 bridgehead atoms. The van der Waals surface area contributed by atoms with E-state index in [4.69, 9.17) is 21.1 Å². The van der Waals surface area contributed by atoms with Gasteiger partial charge in [0.05, 0.1) is 5.60 Å². The SMILES string of the molecule is O=C(c1ccc(Cl)cc1Br)C1CCOC2(CCOCC2)C1. The summed E-state index contributed by atoms with van der Waals surface area (Å²) in [6.07, 6.45) is 3.36. The van der Waals surface area contributed by atoms with E-state index in [1.54, 1.807) is 18.2 Å². The zero-order chi connectivity index (χ0) is 14.9. The highest BCUT2D eigenvalue weighted by Gasteiger charge is 2.41. The van der Waals surface area contributed by atoms with Gasteiger partial charge in [0.2, 0.25) is 0 Å². The van der Waals surface area contributed by atoms with E-state index in [9.17, 15) is 4.79 Å². The van der Waals surface area contributed by atoms with Crippen LogP contribution in [0.25, 0.3) is 0 Å². The van der Waals surface area contributed by atoms with Crippen molar-refractivity contribution in [1.82, 2.24) is 0 Å². The minimum atomic E-state index is -0.157. The first-order valence-corrected chi connectivity index (χ1v) is 8.48. The Kier molecular flexibility index (Phi) is 4.69. The Bertz CT molecular complexity index is 535. The first-order valence-electron chi connectivity index (χ1n) is 7.31. The summed E-state index contributed by atoms with van der Waals surface area (Å²) in [5.74, 6) is 0.210. The molecule has 114 valence electrons. The molecule has 0 aromatic heterocycles. The van der Waals surface area contributed by atoms with E-state index in [0.29, 0.717) is 17.2 Å². The van der Waals surface area contributed by atoms with Crippen molar-refractivity contribution in [3.63, 3.8) is 0 Å². The number of hydrogen-bond donors (Lipinski definition) is 0. The van der Waals surface area contributed by atoms with E-state index in [1.165, 1.54) is 0 Å². The summed E-state index contributed by atoms with van der Waals surface area (Å²) in [6.45, 7) is 2.11. The smallest absolute Gasteiger partial charge is 0.167 e. The predicted molar refractivity (Wildman–Crippen MR) is 84.9 cm³/mol. The van der Waals surface area contributed by atoms with Crippen LogP contribution in [0.2, 0.25) is 5.02 Å². The van der Waals surface area contributed by atoms with Crippen LogP contribution in [-0.2, 0) is 9.47 Å². The monoisotopic (exact) mass is 372 g/mol. The van der Waals surface area contributed by atoms with Crippen molar-refractivity contribution in [3.05, 3.63) is 33.3 Å². The van der Waals surface area contributed by atoms with Gasteiger partial charge in [-0.05, 0) is 59.8 Å². The lowest BCUT2D eigenvalue weighted by molar-refractivity contribution is -0.142. The first kappa shape index (κ1) is 15.5. The van der Waals surface area contributed by atoms with Crippen molar-refractivity contribution >= 4 is 33.3 Å². The third kappa shape index (κ3) is 3.34. The Hall–Kier alpha value is -0.420. The lowest BCUT2D eigenvalue weighted by Gasteiger charge is -2.43. The number of rotatable bonds is 2. The minimum Gasteiger partial charge on any atom is -0.381 e. The van der Waals surface area contributed by atoms with Crippen LogP contribution in [0.4, 0.5) is 0 Å². The average molecular weight is 374 g/mol. The van der Waals surface area contributed by atoms with Crippen LogP contribution in [-0.4, -0.2) is 31.2 Å². The van der Waals surface area contributed by atoms with E-state index in [-0.39, 0.29) is 17.3 Å². The summed E-state index contributed by atoms with van der Waals surface area (Å²) < 4.78 is 12.2. The fourth-order valence-electron chi connectivity index (χ4n) is 3.25. The van der Waals surface area contributed by atoms with Gasteiger partial charge in [-0.1, -0.05) is 11.6 Å². The number of halogens is 2. The summed E-state index contributed by atoms with van der Waals surface area (Å²) in [7, 11) is 0. The third-order valence-electron chi connectivity index (χ3n) is 4.46. The first-order chi connectivity index (χ1) is 10.1. The molecule has 2 aliphatic heterocycles. The molecule has 1 atom stereocenters. The number of ketones is 1. The molecule has 3 rings (SSSR count). The van der Waals surface area contributed by atoms with Gasteiger partial charge in [-0.3, -0.25) is 4.79 Å². The average Bonchev–Trinajstić information content (AvgIpc) is 2.47. The summed E-state index contributed by atoms with van der Waals surface area (Å²) in [4.78, 5) is 12.8. The van der Waals surface area contributed by atoms with E-state index >= 15 is 0 Å². The molecule has 2 fully saturated rings. The second-order valence-corrected chi connectivity index (χ2v) is 7.11. The molecule has 1 aromatic rings. The van der Waals surface area contributed by atoms with Gasteiger partial charge >= 0.3 is 0 Å². The molecule has 1 aromatic carbocycles. The molecule has 0 N–H and O–H groups in total. The fourth-order valence-corrected chi connectivity index (χ4v) is 4.13. The molecule has 1 unspecified atom stereocenters. The van der Waals surface area contributed by atoms with Crippen LogP contribution in [0.1, 0.15) is 36.0 Å². The van der Waals surface area contributed by atoms with Crippen LogP contribution < -0.4 is 0 Å². The van der Waals surface area contributed by atoms with E-state index in [2.05, 4.69) is 15.9 Å². The highest BCUT2D eigenvalue weighted by molar-refractivity contribution is 9.10. The molecule has 0 amide bonds. The Morgan fingerprint density at radius 2 is 2.05 bits per heavy atom. The van der Waals surface area contributed by atoms with Crippen molar-refractivity contribution in [2.75, 3.05) is 19.8 Å². The molecule has 5 heteroatoms. The van der Waals surface area contributed by atoms with Crippen molar-refractivity contribution in [3.8, 4) is 0 Å². The fraction of sp³-hybridized carbons (Fsp3) is 0.562. The molecule has 3 nitrogen and oxygen atoms in total. The Labute approximate surface area is 138 Å². The van der Waals surface area contributed by atoms with Gasteiger partial charge in [0.15, 0.2) is 5.78 Å². The van der Waals surface area contributed by atoms with Crippen molar-refractivity contribution in [1.29, 1.82) is 0 Å². The van der Waals surface area contributed by atoms with Crippen molar-refractivity contribution in [2.24, 2.45) is 5.92 Å². The van der Waals surface area contributed by atoms with Crippen LogP contribution >= 0.6 is 27.5 Å². The normalized spacial score (nSPS) is 25.0. The predicted octanol–water partition coefficient (Wildman–Crippen LogP) is 4.26. The Morgan fingerprint density at radius 1 is 1.29 bits per heavy atom. The zero-order valence-corrected chi connectivity index (χ0v) is 14.1. The topological polar surface area (TPSA) is 35.5 Å². The van der Waals surface area contributed by atoms with E-state index in [0.717, 1.165) is 43.4 Å². The zero-order valence-electron chi connectivity index (χ0n) is 11.7. The number of hydrogen-bond acceptors (Lipinski definition) is 3. The molecule has 1 spiro atoms. The largest absolute Gasteiger partial charge is 0.381 e. The molecule has 21 heavy (non-hydrogen) atoms. The summed E-state index contributed by atoms with van der Waals surface area (Å²) in [5, 5.41) is 0.631. The second kappa shape index (κ2) is 6.37. The van der Waals surface area contributed by atoms with Gasteiger partial charge in [-0.25, -0.2) is 0 Å². The van der Waals surface area contributed by atoms with Crippen LogP contribution in [0.15, 0.2) is 22.7 Å². The van der Waals surface area contributed by atoms with Gasteiger partial charge in [0.25, 0.3) is 0 Å². The number of carbonyl (C=O) groups is 1. The maximum atomic E-state index is 12.8. The molecule has 2 heterocycles. The van der Waals surface area contributed by atoms with Crippen molar-refractivity contribution < 1.29 is 14.3 Å². The highest BCUT2D eigenvalue weighted by atomic mass is 79.9. The van der Waals surface area contributed by atoms with Gasteiger partial charge in [0.1, 0.15) is 0 Å². The van der Waals surface area contributed by atoms with Gasteiger partial charge in [-0.2, -0.15) is 0 Å².